The monoisotopic (exact) mass is 741 g/mol. The van der Waals surface area contributed by atoms with E-state index in [1.807, 2.05) is 12.2 Å². The Labute approximate surface area is 300 Å². The number of Topliss-reactive ketones (excluding diaryl/α,β-unsaturated/α-hetero) is 1. The van der Waals surface area contributed by atoms with Gasteiger partial charge < -0.3 is 9.64 Å². The van der Waals surface area contributed by atoms with Gasteiger partial charge in [-0.3, -0.25) is 19.1 Å². The third kappa shape index (κ3) is 7.21. The van der Waals surface area contributed by atoms with E-state index in [9.17, 15) is 27.2 Å². The number of carbonyl (C=O) groups excluding carboxylic acids is 3. The number of sulfonamides is 1. The van der Waals surface area contributed by atoms with Gasteiger partial charge in [0.05, 0.1) is 33.0 Å². The van der Waals surface area contributed by atoms with Crippen molar-refractivity contribution in [2.75, 3.05) is 6.54 Å². The number of hydrogen-bond acceptors (Lipinski definition) is 8. The van der Waals surface area contributed by atoms with Crippen LogP contribution >= 0.6 is 22.9 Å². The van der Waals surface area contributed by atoms with Crippen molar-refractivity contribution < 1.29 is 31.9 Å². The Morgan fingerprint density at radius 3 is 2.76 bits per heavy atom. The molecule has 9 nitrogen and oxygen atoms in total. The molecule has 2 saturated carbocycles. The van der Waals surface area contributed by atoms with Crippen molar-refractivity contribution in [3.8, 4) is 5.19 Å². The van der Waals surface area contributed by atoms with Gasteiger partial charge in [-0.25, -0.2) is 17.8 Å². The van der Waals surface area contributed by atoms with E-state index >= 15 is 0 Å². The van der Waals surface area contributed by atoms with Crippen LogP contribution in [0.2, 0.25) is 5.02 Å². The van der Waals surface area contributed by atoms with Gasteiger partial charge in [-0.1, -0.05) is 60.1 Å². The zero-order chi connectivity index (χ0) is 35.3. The number of nitrogens with zero attached hydrogens (tertiary/aromatic N) is 2. The molecule has 0 bridgehead atoms. The Morgan fingerprint density at radius 1 is 1.16 bits per heavy atom. The number of carbonyl (C=O) groups is 3. The van der Waals surface area contributed by atoms with Gasteiger partial charge in [0.25, 0.3) is 5.19 Å². The Morgan fingerprint density at radius 2 is 1.98 bits per heavy atom. The van der Waals surface area contributed by atoms with Crippen LogP contribution in [0.1, 0.15) is 76.7 Å². The number of hydrogen-bond donors (Lipinski definition) is 1. The maximum absolute atomic E-state index is 14.5. The molecule has 2 aromatic carbocycles. The van der Waals surface area contributed by atoms with Gasteiger partial charge in [0.1, 0.15) is 11.9 Å². The number of fused-ring (bicyclic) bond motifs is 3. The number of aromatic nitrogens is 1. The summed E-state index contributed by atoms with van der Waals surface area (Å²) >= 11 is 7.51. The zero-order valence-corrected chi connectivity index (χ0v) is 30.3. The minimum absolute atomic E-state index is 0.140. The first-order valence-electron chi connectivity index (χ1n) is 17.4. The molecule has 0 spiro atoms. The molecule has 7 rings (SSSR count). The highest BCUT2D eigenvalue weighted by atomic mass is 35.5. The van der Waals surface area contributed by atoms with Gasteiger partial charge in [0.15, 0.2) is 5.78 Å². The quantitative estimate of drug-likeness (QED) is 0.265. The van der Waals surface area contributed by atoms with E-state index in [0.717, 1.165) is 35.9 Å². The molecule has 3 fully saturated rings. The summed E-state index contributed by atoms with van der Waals surface area (Å²) in [6, 6.07) is 10.7. The molecule has 1 N–H and O–H groups in total. The van der Waals surface area contributed by atoms with Crippen LogP contribution in [0.4, 0.5) is 4.39 Å². The zero-order valence-electron chi connectivity index (χ0n) is 27.9. The van der Waals surface area contributed by atoms with Crippen molar-refractivity contribution in [1.82, 2.24) is 14.6 Å². The second-order valence-electron chi connectivity index (χ2n) is 14.7. The lowest BCUT2D eigenvalue weighted by Gasteiger charge is -2.29. The van der Waals surface area contributed by atoms with Gasteiger partial charge in [-0.2, -0.15) is 0 Å². The number of ketones is 1. The van der Waals surface area contributed by atoms with Gasteiger partial charge in [-0.15, -0.1) is 0 Å². The van der Waals surface area contributed by atoms with E-state index in [-0.39, 0.29) is 42.8 Å². The predicted octanol–water partition coefficient (Wildman–Crippen LogP) is 6.78. The molecular formula is C37H41ClFN3O6S2. The second-order valence-corrected chi connectivity index (χ2v) is 18.3. The van der Waals surface area contributed by atoms with E-state index in [1.54, 1.807) is 42.2 Å². The van der Waals surface area contributed by atoms with E-state index in [1.165, 1.54) is 23.5 Å². The van der Waals surface area contributed by atoms with Crippen LogP contribution in [-0.2, 0) is 30.8 Å². The third-order valence-corrected chi connectivity index (χ3v) is 14.2. The number of ether oxygens (including phenoxy) is 1. The average molecular weight is 742 g/mol. The maximum Gasteiger partial charge on any atom is 0.274 e. The molecule has 3 aromatic rings. The number of amides is 2. The van der Waals surface area contributed by atoms with Crippen LogP contribution in [0.15, 0.2) is 54.6 Å². The molecule has 4 aliphatic rings. The number of thiazole rings is 1. The molecule has 2 aliphatic carbocycles. The predicted molar refractivity (Wildman–Crippen MR) is 190 cm³/mol. The van der Waals surface area contributed by atoms with Gasteiger partial charge in [0.2, 0.25) is 21.8 Å². The molecule has 1 saturated heterocycles. The Bertz CT molecular complexity index is 1960. The summed E-state index contributed by atoms with van der Waals surface area (Å²) in [6.45, 7) is 1.76. The molecule has 3 heterocycles. The van der Waals surface area contributed by atoms with E-state index in [4.69, 9.17) is 16.3 Å². The summed E-state index contributed by atoms with van der Waals surface area (Å²) in [4.78, 5) is 48.9. The van der Waals surface area contributed by atoms with Crippen LogP contribution in [-0.4, -0.2) is 59.3 Å². The van der Waals surface area contributed by atoms with Crippen LogP contribution in [0, 0.1) is 23.1 Å². The SMILES string of the molecule is CC1(S(=O)(=O)NC(=O)[C@]23CC(=O)[C@@H]4C[C@@H](Oc5nc6ccc(Cl)cc6s5)CN4C(=O)[C@@H](Cc4cccc(F)c4)CCCCC/C=C\[C@H]2C3)CC1. The molecule has 13 heteroatoms. The molecule has 1 aromatic heterocycles. The third-order valence-electron chi connectivity index (χ3n) is 10.9. The summed E-state index contributed by atoms with van der Waals surface area (Å²) in [5, 5.41) is 0.971. The number of halogens is 2. The summed E-state index contributed by atoms with van der Waals surface area (Å²) in [5.41, 5.74) is 0.210. The van der Waals surface area contributed by atoms with Crippen molar-refractivity contribution in [2.45, 2.75) is 94.4 Å². The Balaban J connectivity index is 1.19. The first-order valence-corrected chi connectivity index (χ1v) is 20.1. The number of allylic oxidation sites excluding steroid dienone is 2. The van der Waals surface area contributed by atoms with E-state index < -0.39 is 44.2 Å². The lowest BCUT2D eigenvalue weighted by atomic mass is 9.90. The number of rotatable bonds is 7. The highest BCUT2D eigenvalue weighted by molar-refractivity contribution is 7.91. The van der Waals surface area contributed by atoms with E-state index in [0.29, 0.717) is 47.9 Å². The van der Waals surface area contributed by atoms with E-state index in [2.05, 4.69) is 9.71 Å². The number of nitrogens with one attached hydrogen (secondary N) is 1. The molecule has 2 amide bonds. The Kier molecular flexibility index (Phi) is 9.57. The summed E-state index contributed by atoms with van der Waals surface area (Å²) in [6.07, 6.45) is 8.93. The summed E-state index contributed by atoms with van der Waals surface area (Å²) < 4.78 is 48.9. The standard InChI is InChI=1S/C37H41ClFN3O6S2/c1-36(14-15-36)50(46,47)41-34(45)37-20-25(37)10-6-4-2-3-5-9-24(16-23-8-7-11-27(39)17-23)33(44)42-22-28(19-30(42)31(43)21-37)48-35-40-29-13-12-26(38)18-32(29)49-35/h6-8,10-13,17-18,24-25,28,30H,2-5,9,14-16,19-22H2,1H3,(H,41,45)/b10-6-/t24-,25+,28-,30+,37-/m1/s1. The highest BCUT2D eigenvalue weighted by Crippen LogP contribution is 2.57. The van der Waals surface area contributed by atoms with Gasteiger partial charge >= 0.3 is 0 Å². The maximum atomic E-state index is 14.5. The molecular weight excluding hydrogens is 701 g/mol. The van der Waals surface area contributed by atoms with Crippen molar-refractivity contribution in [3.05, 3.63) is 71.0 Å². The van der Waals surface area contributed by atoms with Crippen molar-refractivity contribution in [3.63, 3.8) is 0 Å². The molecule has 5 atom stereocenters. The fourth-order valence-corrected chi connectivity index (χ4v) is 9.93. The minimum atomic E-state index is -3.91. The summed E-state index contributed by atoms with van der Waals surface area (Å²) in [5.74, 6) is -2.32. The molecule has 0 unspecified atom stereocenters. The topological polar surface area (TPSA) is 123 Å². The summed E-state index contributed by atoms with van der Waals surface area (Å²) in [7, 11) is -3.91. The fourth-order valence-electron chi connectivity index (χ4n) is 7.44. The van der Waals surface area contributed by atoms with Crippen LogP contribution in [0.3, 0.4) is 0 Å². The molecule has 0 radical (unpaired) electrons. The fraction of sp³-hybridized carbons (Fsp3) is 0.514. The van der Waals surface area contributed by atoms with Crippen molar-refractivity contribution in [2.24, 2.45) is 17.3 Å². The molecule has 266 valence electrons. The smallest absolute Gasteiger partial charge is 0.274 e. The largest absolute Gasteiger partial charge is 0.465 e. The first kappa shape index (κ1) is 35.1. The highest BCUT2D eigenvalue weighted by Gasteiger charge is 2.62. The van der Waals surface area contributed by atoms with Crippen LogP contribution < -0.4 is 9.46 Å². The second kappa shape index (κ2) is 13.7. The Hall–Kier alpha value is -3.35. The lowest BCUT2D eigenvalue weighted by Crippen LogP contribution is -2.47. The van der Waals surface area contributed by atoms with Crippen molar-refractivity contribution >= 4 is 60.8 Å². The van der Waals surface area contributed by atoms with Crippen LogP contribution in [0.5, 0.6) is 5.19 Å². The number of benzene rings is 2. The van der Waals surface area contributed by atoms with Gasteiger partial charge in [-0.05, 0) is 93.7 Å². The lowest BCUT2D eigenvalue weighted by molar-refractivity contribution is -0.142. The van der Waals surface area contributed by atoms with Gasteiger partial charge in [0, 0.05) is 23.8 Å². The van der Waals surface area contributed by atoms with Crippen LogP contribution in [0.25, 0.3) is 10.2 Å². The molecule has 2 aliphatic heterocycles. The van der Waals surface area contributed by atoms with Crippen molar-refractivity contribution in [1.29, 1.82) is 0 Å². The first-order chi connectivity index (χ1) is 23.9. The normalized spacial score (nSPS) is 29.0. The molecule has 50 heavy (non-hydrogen) atoms. The average Bonchev–Trinajstić information content (AvgIpc) is 3.88. The minimum Gasteiger partial charge on any atom is -0.465 e.